The van der Waals surface area contributed by atoms with Crippen molar-refractivity contribution in [3.8, 4) is 0 Å². The van der Waals surface area contributed by atoms with Gasteiger partial charge in [0.15, 0.2) is 0 Å². The molecule has 1 aliphatic heterocycles. The standard InChI is InChI=1S/C16H30N2O2/c1-13-7-5-6-8-14(13)17-9-11-18(12-10-17)15(19)20-16(2,3)4/h13-14H,5-12H2,1-4H3/t13-,14+/m0/s1. The molecule has 2 fully saturated rings. The van der Waals surface area contributed by atoms with Crippen molar-refractivity contribution in [1.82, 2.24) is 9.80 Å². The van der Waals surface area contributed by atoms with E-state index in [2.05, 4.69) is 11.8 Å². The fraction of sp³-hybridized carbons (Fsp3) is 0.938. The average Bonchev–Trinajstić information content (AvgIpc) is 2.37. The monoisotopic (exact) mass is 282 g/mol. The second kappa shape index (κ2) is 6.33. The average molecular weight is 282 g/mol. The van der Waals surface area contributed by atoms with Crippen molar-refractivity contribution in [2.75, 3.05) is 26.2 Å². The number of nitrogens with zero attached hydrogens (tertiary/aromatic N) is 2. The number of hydrogen-bond acceptors (Lipinski definition) is 3. The van der Waals surface area contributed by atoms with Crippen LogP contribution >= 0.6 is 0 Å². The zero-order valence-electron chi connectivity index (χ0n) is 13.5. The quantitative estimate of drug-likeness (QED) is 0.741. The second-order valence-electron chi connectivity index (χ2n) is 7.33. The van der Waals surface area contributed by atoms with Gasteiger partial charge in [0.25, 0.3) is 0 Å². The zero-order valence-corrected chi connectivity index (χ0v) is 13.5. The molecule has 116 valence electrons. The molecule has 0 N–H and O–H groups in total. The summed E-state index contributed by atoms with van der Waals surface area (Å²) in [5, 5.41) is 0. The third-order valence-electron chi connectivity index (χ3n) is 4.50. The first-order chi connectivity index (χ1) is 9.37. The minimum atomic E-state index is -0.397. The molecule has 1 amide bonds. The Labute approximate surface area is 123 Å². The van der Waals surface area contributed by atoms with Crippen molar-refractivity contribution >= 4 is 6.09 Å². The summed E-state index contributed by atoms with van der Waals surface area (Å²) < 4.78 is 5.45. The SMILES string of the molecule is C[C@H]1CCCC[C@H]1N1CCN(C(=O)OC(C)(C)C)CC1. The first kappa shape index (κ1) is 15.6. The van der Waals surface area contributed by atoms with Crippen LogP contribution in [0.25, 0.3) is 0 Å². The largest absolute Gasteiger partial charge is 0.444 e. The Kier molecular flexibility index (Phi) is 4.95. The Bertz CT molecular complexity index is 330. The Balaban J connectivity index is 1.81. The summed E-state index contributed by atoms with van der Waals surface area (Å²) in [7, 11) is 0. The molecule has 1 saturated heterocycles. The summed E-state index contributed by atoms with van der Waals surface area (Å²) in [5.74, 6) is 0.803. The molecule has 20 heavy (non-hydrogen) atoms. The van der Waals surface area contributed by atoms with Gasteiger partial charge in [-0.05, 0) is 39.5 Å². The molecule has 1 aliphatic carbocycles. The highest BCUT2D eigenvalue weighted by atomic mass is 16.6. The Morgan fingerprint density at radius 2 is 1.65 bits per heavy atom. The third kappa shape index (κ3) is 4.11. The molecule has 2 atom stereocenters. The van der Waals surface area contributed by atoms with E-state index in [4.69, 9.17) is 4.74 Å². The number of piperazine rings is 1. The van der Waals surface area contributed by atoms with Gasteiger partial charge in [0.1, 0.15) is 5.60 Å². The maximum absolute atomic E-state index is 12.0. The van der Waals surface area contributed by atoms with Crippen LogP contribution in [0.2, 0.25) is 0 Å². The number of carbonyl (C=O) groups excluding carboxylic acids is 1. The summed E-state index contributed by atoms with van der Waals surface area (Å²) in [6.07, 6.45) is 5.27. The van der Waals surface area contributed by atoms with E-state index in [9.17, 15) is 4.79 Å². The molecule has 4 nitrogen and oxygen atoms in total. The van der Waals surface area contributed by atoms with Gasteiger partial charge in [0.2, 0.25) is 0 Å². The van der Waals surface area contributed by atoms with Crippen molar-refractivity contribution in [2.45, 2.75) is 65.0 Å². The zero-order chi connectivity index (χ0) is 14.8. The number of hydrogen-bond donors (Lipinski definition) is 0. The fourth-order valence-electron chi connectivity index (χ4n) is 3.40. The highest BCUT2D eigenvalue weighted by molar-refractivity contribution is 5.68. The molecule has 0 aromatic heterocycles. The smallest absolute Gasteiger partial charge is 0.410 e. The lowest BCUT2D eigenvalue weighted by molar-refractivity contribution is 0.00396. The lowest BCUT2D eigenvalue weighted by Crippen LogP contribution is -2.54. The maximum Gasteiger partial charge on any atom is 0.410 e. The minimum Gasteiger partial charge on any atom is -0.444 e. The molecule has 1 saturated carbocycles. The second-order valence-corrected chi connectivity index (χ2v) is 7.33. The molecule has 4 heteroatoms. The Hall–Kier alpha value is -0.770. The summed E-state index contributed by atoms with van der Waals surface area (Å²) in [6, 6.07) is 0.726. The van der Waals surface area contributed by atoms with Gasteiger partial charge >= 0.3 is 6.09 Å². The van der Waals surface area contributed by atoms with Gasteiger partial charge in [0, 0.05) is 32.2 Å². The van der Waals surface area contributed by atoms with Gasteiger partial charge < -0.3 is 9.64 Å². The van der Waals surface area contributed by atoms with E-state index in [0.717, 1.165) is 38.1 Å². The molecule has 1 heterocycles. The fourth-order valence-corrected chi connectivity index (χ4v) is 3.40. The van der Waals surface area contributed by atoms with Crippen molar-refractivity contribution < 1.29 is 9.53 Å². The molecule has 0 unspecified atom stereocenters. The first-order valence-corrected chi connectivity index (χ1v) is 8.09. The molecule has 0 aromatic carbocycles. The van der Waals surface area contributed by atoms with E-state index >= 15 is 0 Å². The Morgan fingerprint density at radius 3 is 2.20 bits per heavy atom. The van der Waals surface area contributed by atoms with Crippen molar-refractivity contribution in [1.29, 1.82) is 0 Å². The predicted octanol–water partition coefficient (Wildman–Crippen LogP) is 3.12. The van der Waals surface area contributed by atoms with E-state index in [1.54, 1.807) is 0 Å². The van der Waals surface area contributed by atoms with E-state index in [-0.39, 0.29) is 6.09 Å². The van der Waals surface area contributed by atoms with E-state index in [0.29, 0.717) is 0 Å². The molecule has 0 bridgehead atoms. The number of ether oxygens (including phenoxy) is 1. The normalized spacial score (nSPS) is 29.3. The third-order valence-corrected chi connectivity index (χ3v) is 4.50. The van der Waals surface area contributed by atoms with Gasteiger partial charge in [-0.3, -0.25) is 4.90 Å². The van der Waals surface area contributed by atoms with E-state index in [1.165, 1.54) is 25.7 Å². The van der Waals surface area contributed by atoms with Crippen LogP contribution in [0.3, 0.4) is 0 Å². The maximum atomic E-state index is 12.0. The van der Waals surface area contributed by atoms with Gasteiger partial charge in [-0.15, -0.1) is 0 Å². The molecule has 0 radical (unpaired) electrons. The molecule has 2 rings (SSSR count). The van der Waals surface area contributed by atoms with E-state index < -0.39 is 5.60 Å². The van der Waals surface area contributed by atoms with Crippen LogP contribution in [-0.2, 0) is 4.74 Å². The summed E-state index contributed by atoms with van der Waals surface area (Å²) in [5.41, 5.74) is -0.397. The molecule has 0 aromatic rings. The molecular formula is C16H30N2O2. The number of amides is 1. The summed E-state index contributed by atoms with van der Waals surface area (Å²) in [6.45, 7) is 11.7. The van der Waals surface area contributed by atoms with Crippen LogP contribution in [0.5, 0.6) is 0 Å². The van der Waals surface area contributed by atoms with Crippen molar-refractivity contribution in [3.63, 3.8) is 0 Å². The first-order valence-electron chi connectivity index (χ1n) is 8.09. The topological polar surface area (TPSA) is 32.8 Å². The highest BCUT2D eigenvalue weighted by Crippen LogP contribution is 2.28. The van der Waals surface area contributed by atoms with Gasteiger partial charge in [-0.25, -0.2) is 4.79 Å². The van der Waals surface area contributed by atoms with Crippen molar-refractivity contribution in [2.24, 2.45) is 5.92 Å². The van der Waals surface area contributed by atoms with Crippen LogP contribution in [0, 0.1) is 5.92 Å². The lowest BCUT2D eigenvalue weighted by Gasteiger charge is -2.43. The van der Waals surface area contributed by atoms with E-state index in [1.807, 2.05) is 25.7 Å². The van der Waals surface area contributed by atoms with Crippen LogP contribution in [0.4, 0.5) is 4.79 Å². The van der Waals surface area contributed by atoms with Crippen molar-refractivity contribution in [3.05, 3.63) is 0 Å². The van der Waals surface area contributed by atoms with Crippen LogP contribution in [0.15, 0.2) is 0 Å². The number of rotatable bonds is 1. The summed E-state index contributed by atoms with van der Waals surface area (Å²) >= 11 is 0. The van der Waals surface area contributed by atoms with Gasteiger partial charge in [-0.1, -0.05) is 19.8 Å². The predicted molar refractivity (Wildman–Crippen MR) is 80.8 cm³/mol. The van der Waals surface area contributed by atoms with Crippen LogP contribution < -0.4 is 0 Å². The van der Waals surface area contributed by atoms with Gasteiger partial charge in [0.05, 0.1) is 0 Å². The lowest BCUT2D eigenvalue weighted by atomic mass is 9.84. The van der Waals surface area contributed by atoms with Crippen LogP contribution in [-0.4, -0.2) is 53.7 Å². The van der Waals surface area contributed by atoms with Gasteiger partial charge in [-0.2, -0.15) is 0 Å². The summed E-state index contributed by atoms with van der Waals surface area (Å²) in [4.78, 5) is 16.5. The van der Waals surface area contributed by atoms with Crippen LogP contribution in [0.1, 0.15) is 53.4 Å². The molecule has 0 spiro atoms. The molecular weight excluding hydrogens is 252 g/mol. The number of carbonyl (C=O) groups is 1. The minimum absolute atomic E-state index is 0.158. The Morgan fingerprint density at radius 1 is 1.05 bits per heavy atom. The highest BCUT2D eigenvalue weighted by Gasteiger charge is 2.31. The molecule has 2 aliphatic rings.